The number of nitrogens with one attached hydrogen (secondary N) is 1. The summed E-state index contributed by atoms with van der Waals surface area (Å²) in [4.78, 5) is -0.725. The number of rotatable bonds is 4. The second-order valence-corrected chi connectivity index (χ2v) is 7.78. The average Bonchev–Trinajstić information content (AvgIpc) is 2.36. The van der Waals surface area contributed by atoms with Crippen LogP contribution in [0.25, 0.3) is 0 Å². The molecule has 0 aromatic heterocycles. The predicted molar refractivity (Wildman–Crippen MR) is 82.7 cm³/mol. The lowest BCUT2D eigenvalue weighted by Crippen LogP contribution is -2.19. The first-order valence-electron chi connectivity index (χ1n) is 6.00. The van der Waals surface area contributed by atoms with Gasteiger partial charge in [0.05, 0.1) is 17.3 Å². The Morgan fingerprint density at radius 3 is 2.77 bits per heavy atom. The van der Waals surface area contributed by atoms with Crippen molar-refractivity contribution in [3.05, 3.63) is 17.2 Å². The van der Waals surface area contributed by atoms with Crippen LogP contribution in [0, 0.1) is 0 Å². The maximum atomic E-state index is 12.1. The number of benzene rings is 1. The van der Waals surface area contributed by atoms with Gasteiger partial charge in [-0.2, -0.15) is 16.8 Å². The molecule has 0 amide bonds. The number of hydrogen-bond acceptors (Lipinski definition) is 6. The summed E-state index contributed by atoms with van der Waals surface area (Å²) in [5.41, 5.74) is 0.158. The van der Waals surface area contributed by atoms with Gasteiger partial charge in [0.25, 0.3) is 20.0 Å². The Balaban J connectivity index is 2.60. The molecule has 8 nitrogen and oxygen atoms in total. The molecule has 120 valence electrons. The zero-order valence-corrected chi connectivity index (χ0v) is 14.0. The Kier molecular flexibility index (Phi) is 4.45. The third-order valence-corrected chi connectivity index (χ3v) is 5.68. The molecule has 1 heterocycles. The smallest absolute Gasteiger partial charge is 0.286 e. The third-order valence-electron chi connectivity index (χ3n) is 2.59. The van der Waals surface area contributed by atoms with Crippen LogP contribution in [-0.4, -0.2) is 35.7 Å². The van der Waals surface area contributed by atoms with Crippen LogP contribution in [0.4, 0.5) is 5.69 Å². The van der Waals surface area contributed by atoms with Crippen molar-refractivity contribution in [1.29, 1.82) is 0 Å². The molecular weight excluding hydrogens is 354 g/mol. The summed E-state index contributed by atoms with van der Waals surface area (Å²) in [6, 6.07) is 2.13. The first kappa shape index (κ1) is 16.7. The summed E-state index contributed by atoms with van der Waals surface area (Å²) in [5, 5.41) is 2.55. The van der Waals surface area contributed by atoms with Gasteiger partial charge in [0, 0.05) is 0 Å². The molecule has 1 aliphatic rings. The fraction of sp³-hybridized carbons (Fsp3) is 0.273. The number of ether oxygens (including phenoxy) is 1. The first-order chi connectivity index (χ1) is 10.2. The lowest BCUT2D eigenvalue weighted by atomic mass is 10.3. The molecule has 2 rings (SSSR count). The molecule has 0 atom stereocenters. The number of sulfonamides is 2. The fourth-order valence-electron chi connectivity index (χ4n) is 1.71. The maximum Gasteiger partial charge on any atom is 0.286 e. The quantitative estimate of drug-likeness (QED) is 0.640. The summed E-state index contributed by atoms with van der Waals surface area (Å²) >= 11 is 5.93. The van der Waals surface area contributed by atoms with Gasteiger partial charge in [0.2, 0.25) is 0 Å². The second-order valence-electron chi connectivity index (χ2n) is 4.20. The van der Waals surface area contributed by atoms with E-state index in [1.807, 2.05) is 0 Å². The minimum atomic E-state index is -4.19. The van der Waals surface area contributed by atoms with Crippen molar-refractivity contribution in [1.82, 2.24) is 0 Å². The first-order valence-corrected chi connectivity index (χ1v) is 9.26. The Labute approximate surface area is 133 Å². The van der Waals surface area contributed by atoms with Gasteiger partial charge < -0.3 is 10.1 Å². The molecule has 0 saturated heterocycles. The minimum Gasteiger partial charge on any atom is -0.483 e. The van der Waals surface area contributed by atoms with E-state index in [-0.39, 0.29) is 28.0 Å². The van der Waals surface area contributed by atoms with Crippen LogP contribution in [0.15, 0.2) is 30.7 Å². The number of halogens is 1. The molecular formula is C11H12ClN3O5S2. The van der Waals surface area contributed by atoms with E-state index in [1.165, 1.54) is 13.0 Å². The van der Waals surface area contributed by atoms with Crippen molar-refractivity contribution in [2.45, 2.75) is 23.6 Å². The molecule has 1 aliphatic heterocycles. The highest BCUT2D eigenvalue weighted by atomic mass is 35.5. The van der Waals surface area contributed by atoms with Crippen molar-refractivity contribution in [3.8, 4) is 0 Å². The lowest BCUT2D eigenvalue weighted by Gasteiger charge is -2.17. The maximum absolute atomic E-state index is 12.1. The topological polar surface area (TPSA) is 114 Å². The van der Waals surface area contributed by atoms with Crippen molar-refractivity contribution >= 4 is 49.6 Å². The average molecular weight is 366 g/mol. The van der Waals surface area contributed by atoms with Crippen LogP contribution in [0.5, 0.6) is 0 Å². The monoisotopic (exact) mass is 365 g/mol. The molecule has 0 unspecified atom stereocenters. The highest BCUT2D eigenvalue weighted by Crippen LogP contribution is 2.35. The van der Waals surface area contributed by atoms with Gasteiger partial charge in [-0.3, -0.25) is 0 Å². The second kappa shape index (κ2) is 5.86. The number of nitrogens with zero attached hydrogens (tertiary/aromatic N) is 2. The van der Waals surface area contributed by atoms with Crippen molar-refractivity contribution in [2.24, 2.45) is 8.80 Å². The Hall–Kier alpha value is -1.65. The van der Waals surface area contributed by atoms with E-state index in [2.05, 4.69) is 14.1 Å². The number of anilines is 1. The highest BCUT2D eigenvalue weighted by Gasteiger charge is 2.28. The molecule has 11 heteroatoms. The Morgan fingerprint density at radius 2 is 2.14 bits per heavy atom. The van der Waals surface area contributed by atoms with Crippen LogP contribution in [0.2, 0.25) is 5.02 Å². The Morgan fingerprint density at radius 1 is 1.45 bits per heavy atom. The zero-order valence-electron chi connectivity index (χ0n) is 11.6. The normalized spacial score (nSPS) is 16.8. The summed E-state index contributed by atoms with van der Waals surface area (Å²) in [7, 11) is -8.19. The minimum absolute atomic E-state index is 0.158. The van der Waals surface area contributed by atoms with E-state index in [1.54, 1.807) is 6.92 Å². The van der Waals surface area contributed by atoms with Gasteiger partial charge >= 0.3 is 0 Å². The van der Waals surface area contributed by atoms with E-state index in [0.717, 1.165) is 12.5 Å². The van der Waals surface area contributed by atoms with Crippen LogP contribution < -0.4 is 5.32 Å². The Bertz CT molecular complexity index is 875. The molecule has 0 aliphatic carbocycles. The SMILES string of the molecule is CCO/C=N/S(=O)(=O)c1cc2c(cc1Cl)NC(C)=NS2(=O)=O. The zero-order chi connectivity index (χ0) is 16.5. The number of fused-ring (bicyclic) bond motifs is 1. The number of amidine groups is 1. The summed E-state index contributed by atoms with van der Waals surface area (Å²) in [6.07, 6.45) is 0.764. The van der Waals surface area contributed by atoms with Crippen LogP contribution >= 0.6 is 11.6 Å². The van der Waals surface area contributed by atoms with Crippen molar-refractivity contribution in [2.75, 3.05) is 11.9 Å². The van der Waals surface area contributed by atoms with E-state index in [0.29, 0.717) is 0 Å². The van der Waals surface area contributed by atoms with Gasteiger partial charge in [0.15, 0.2) is 6.40 Å². The van der Waals surface area contributed by atoms with Gasteiger partial charge in [-0.1, -0.05) is 11.6 Å². The van der Waals surface area contributed by atoms with Gasteiger partial charge in [-0.15, -0.1) is 8.80 Å². The van der Waals surface area contributed by atoms with E-state index < -0.39 is 24.9 Å². The lowest BCUT2D eigenvalue weighted by molar-refractivity contribution is 0.344. The van der Waals surface area contributed by atoms with E-state index in [4.69, 9.17) is 16.3 Å². The van der Waals surface area contributed by atoms with Crippen LogP contribution in [-0.2, 0) is 24.8 Å². The fourth-order valence-corrected chi connectivity index (χ4v) is 4.26. The van der Waals surface area contributed by atoms with Gasteiger partial charge in [0.1, 0.15) is 15.6 Å². The van der Waals surface area contributed by atoms with E-state index >= 15 is 0 Å². The molecule has 0 radical (unpaired) electrons. The molecule has 0 saturated carbocycles. The largest absolute Gasteiger partial charge is 0.483 e. The standard InChI is InChI=1S/C11H12ClN3O5S2/c1-3-20-6-13-21(16,17)10-5-11-9(4-8(10)12)14-7(2)15-22(11,18)19/h4-6H,3H2,1-2H3,(H,14,15)/b13-6+. The molecule has 1 N–H and O–H groups in total. The predicted octanol–water partition coefficient (Wildman–Crippen LogP) is 1.63. The molecule has 0 spiro atoms. The van der Waals surface area contributed by atoms with Gasteiger partial charge in [-0.25, -0.2) is 0 Å². The van der Waals surface area contributed by atoms with Gasteiger partial charge in [-0.05, 0) is 26.0 Å². The van der Waals surface area contributed by atoms with Crippen LogP contribution in [0.1, 0.15) is 13.8 Å². The number of hydrogen-bond donors (Lipinski definition) is 1. The highest BCUT2D eigenvalue weighted by molar-refractivity contribution is 7.91. The summed E-state index contributed by atoms with van der Waals surface area (Å²) in [6.45, 7) is 3.36. The van der Waals surface area contributed by atoms with Crippen LogP contribution in [0.3, 0.4) is 0 Å². The molecule has 0 fully saturated rings. The molecule has 22 heavy (non-hydrogen) atoms. The van der Waals surface area contributed by atoms with Crippen molar-refractivity contribution in [3.63, 3.8) is 0 Å². The third kappa shape index (κ3) is 3.23. The van der Waals surface area contributed by atoms with Crippen molar-refractivity contribution < 1.29 is 21.6 Å². The molecule has 1 aromatic carbocycles. The summed E-state index contributed by atoms with van der Waals surface area (Å²) < 4.78 is 59.6. The summed E-state index contributed by atoms with van der Waals surface area (Å²) in [5.74, 6) is 0.161. The molecule has 1 aromatic rings. The van der Waals surface area contributed by atoms with E-state index in [9.17, 15) is 16.8 Å². The molecule has 0 bridgehead atoms.